The van der Waals surface area contributed by atoms with Gasteiger partial charge < -0.3 is 4.90 Å². The lowest BCUT2D eigenvalue weighted by Gasteiger charge is -2.29. The summed E-state index contributed by atoms with van der Waals surface area (Å²) < 4.78 is 0. The van der Waals surface area contributed by atoms with E-state index in [1.165, 1.54) is 16.7 Å². The van der Waals surface area contributed by atoms with Crippen LogP contribution in [0.2, 0.25) is 0 Å². The number of hydrogen-bond acceptors (Lipinski definition) is 1. The zero-order valence-electron chi connectivity index (χ0n) is 18.0. The summed E-state index contributed by atoms with van der Waals surface area (Å²) in [7, 11) is 0. The molecule has 3 aromatic rings. The van der Waals surface area contributed by atoms with Crippen LogP contribution in [-0.4, -0.2) is 24.5 Å². The molecule has 29 heavy (non-hydrogen) atoms. The molecular weight excluding hydrogens is 350 g/mol. The molecule has 152 valence electrons. The molecule has 0 aromatic heterocycles. The number of benzene rings is 3. The lowest BCUT2D eigenvalue weighted by atomic mass is 9.97. The van der Waals surface area contributed by atoms with E-state index in [9.17, 15) is 0 Å². The fourth-order valence-electron chi connectivity index (χ4n) is 4.23. The number of rotatable bonds is 11. The van der Waals surface area contributed by atoms with E-state index in [-0.39, 0.29) is 0 Å². The van der Waals surface area contributed by atoms with Gasteiger partial charge in [-0.3, -0.25) is 0 Å². The highest BCUT2D eigenvalue weighted by molar-refractivity contribution is 5.17. The first-order chi connectivity index (χ1) is 14.2. The molecule has 0 aliphatic heterocycles. The van der Waals surface area contributed by atoms with Gasteiger partial charge in [0.15, 0.2) is 0 Å². The number of hydrogen-bond donors (Lipinski definition) is 0. The first kappa shape index (κ1) is 21.3. The Balaban J connectivity index is 1.58. The standard InChI is InChI=1S/C28H35N/c1-24(20-27-14-8-4-9-15-27)22-29(19-18-26-12-6-3-7-13-26)23-25(2)21-28-16-10-5-11-17-28/h3-17,24-25H,18-23H2,1-2H3. The summed E-state index contributed by atoms with van der Waals surface area (Å²) in [5.41, 5.74) is 4.32. The van der Waals surface area contributed by atoms with Crippen molar-refractivity contribution in [3.8, 4) is 0 Å². The first-order valence-corrected chi connectivity index (χ1v) is 11.0. The fraction of sp³-hybridized carbons (Fsp3) is 0.357. The van der Waals surface area contributed by atoms with Crippen molar-refractivity contribution in [3.63, 3.8) is 0 Å². The molecule has 3 rings (SSSR count). The summed E-state index contributed by atoms with van der Waals surface area (Å²) in [6.45, 7) is 8.22. The molecule has 0 saturated heterocycles. The highest BCUT2D eigenvalue weighted by Gasteiger charge is 2.15. The Morgan fingerprint density at radius 2 is 0.931 bits per heavy atom. The summed E-state index contributed by atoms with van der Waals surface area (Å²) in [6.07, 6.45) is 3.42. The van der Waals surface area contributed by atoms with Gasteiger partial charge in [0.1, 0.15) is 0 Å². The Labute approximate surface area is 177 Å². The Morgan fingerprint density at radius 3 is 1.34 bits per heavy atom. The van der Waals surface area contributed by atoms with Gasteiger partial charge in [-0.2, -0.15) is 0 Å². The van der Waals surface area contributed by atoms with Gasteiger partial charge in [-0.25, -0.2) is 0 Å². The zero-order valence-corrected chi connectivity index (χ0v) is 18.0. The highest BCUT2D eigenvalue weighted by atomic mass is 15.1. The topological polar surface area (TPSA) is 3.24 Å². The van der Waals surface area contributed by atoms with Crippen molar-refractivity contribution in [1.82, 2.24) is 4.90 Å². The van der Waals surface area contributed by atoms with E-state index >= 15 is 0 Å². The Hall–Kier alpha value is -2.38. The minimum atomic E-state index is 0.650. The molecule has 0 saturated carbocycles. The molecule has 0 spiro atoms. The van der Waals surface area contributed by atoms with Crippen molar-refractivity contribution in [2.45, 2.75) is 33.1 Å². The largest absolute Gasteiger partial charge is 0.302 e. The van der Waals surface area contributed by atoms with Gasteiger partial charge in [0.2, 0.25) is 0 Å². The zero-order chi connectivity index (χ0) is 20.3. The van der Waals surface area contributed by atoms with Crippen LogP contribution in [0.3, 0.4) is 0 Å². The van der Waals surface area contributed by atoms with Crippen LogP contribution in [0.25, 0.3) is 0 Å². The summed E-state index contributed by atoms with van der Waals surface area (Å²) in [6, 6.07) is 32.7. The normalized spacial score (nSPS) is 13.3. The van der Waals surface area contributed by atoms with Gasteiger partial charge in [0, 0.05) is 19.6 Å². The lowest BCUT2D eigenvalue weighted by Crippen LogP contribution is -2.35. The molecule has 0 aliphatic carbocycles. The van der Waals surface area contributed by atoms with E-state index in [1.54, 1.807) is 0 Å². The third kappa shape index (κ3) is 7.87. The molecule has 0 aliphatic rings. The predicted molar refractivity (Wildman–Crippen MR) is 125 cm³/mol. The third-order valence-electron chi connectivity index (χ3n) is 5.55. The smallest absolute Gasteiger partial charge is 0.00221 e. The average Bonchev–Trinajstić information content (AvgIpc) is 2.74. The van der Waals surface area contributed by atoms with Crippen LogP contribution in [0, 0.1) is 11.8 Å². The summed E-state index contributed by atoms with van der Waals surface area (Å²) in [4.78, 5) is 2.69. The molecule has 0 fully saturated rings. The maximum Gasteiger partial charge on any atom is 0.00221 e. The van der Waals surface area contributed by atoms with E-state index in [0.717, 1.165) is 38.9 Å². The maximum absolute atomic E-state index is 2.69. The van der Waals surface area contributed by atoms with Gasteiger partial charge in [-0.1, -0.05) is 105 Å². The SMILES string of the molecule is CC(Cc1ccccc1)CN(CCc1ccccc1)CC(C)Cc1ccccc1. The van der Waals surface area contributed by atoms with E-state index < -0.39 is 0 Å². The fourth-order valence-corrected chi connectivity index (χ4v) is 4.23. The van der Waals surface area contributed by atoms with E-state index in [4.69, 9.17) is 0 Å². The Morgan fingerprint density at radius 1 is 0.552 bits per heavy atom. The molecule has 3 aromatic carbocycles. The second kappa shape index (κ2) is 11.6. The molecule has 1 heteroatoms. The van der Waals surface area contributed by atoms with E-state index in [1.807, 2.05) is 0 Å². The van der Waals surface area contributed by atoms with Gasteiger partial charge >= 0.3 is 0 Å². The van der Waals surface area contributed by atoms with Crippen LogP contribution < -0.4 is 0 Å². The van der Waals surface area contributed by atoms with Crippen LogP contribution >= 0.6 is 0 Å². The van der Waals surface area contributed by atoms with E-state index in [0.29, 0.717) is 11.8 Å². The Bertz CT molecular complexity index is 748. The quantitative estimate of drug-likeness (QED) is 0.375. The maximum atomic E-state index is 2.69. The third-order valence-corrected chi connectivity index (χ3v) is 5.55. The van der Waals surface area contributed by atoms with Gasteiger partial charge in [-0.15, -0.1) is 0 Å². The van der Waals surface area contributed by atoms with Crippen LogP contribution in [0.5, 0.6) is 0 Å². The molecule has 0 amide bonds. The molecule has 2 unspecified atom stereocenters. The highest BCUT2D eigenvalue weighted by Crippen LogP contribution is 2.15. The van der Waals surface area contributed by atoms with Crippen LogP contribution in [0.4, 0.5) is 0 Å². The van der Waals surface area contributed by atoms with Crippen LogP contribution in [0.1, 0.15) is 30.5 Å². The van der Waals surface area contributed by atoms with Gasteiger partial charge in [0.05, 0.1) is 0 Å². The lowest BCUT2D eigenvalue weighted by molar-refractivity contribution is 0.209. The van der Waals surface area contributed by atoms with Crippen molar-refractivity contribution < 1.29 is 0 Å². The summed E-state index contributed by atoms with van der Waals surface area (Å²) >= 11 is 0. The minimum Gasteiger partial charge on any atom is -0.302 e. The first-order valence-electron chi connectivity index (χ1n) is 11.0. The Kier molecular flexibility index (Phi) is 8.52. The predicted octanol–water partition coefficient (Wildman–Crippen LogP) is 6.29. The molecular formula is C28H35N. The molecule has 0 bridgehead atoms. The van der Waals surface area contributed by atoms with Crippen LogP contribution in [-0.2, 0) is 19.3 Å². The van der Waals surface area contributed by atoms with Crippen molar-refractivity contribution >= 4 is 0 Å². The van der Waals surface area contributed by atoms with Crippen molar-refractivity contribution in [1.29, 1.82) is 0 Å². The van der Waals surface area contributed by atoms with Gasteiger partial charge in [-0.05, 0) is 47.8 Å². The van der Waals surface area contributed by atoms with E-state index in [2.05, 4.69) is 110 Å². The molecule has 2 atom stereocenters. The molecule has 0 heterocycles. The van der Waals surface area contributed by atoms with Crippen LogP contribution in [0.15, 0.2) is 91.0 Å². The van der Waals surface area contributed by atoms with Crippen molar-refractivity contribution in [2.75, 3.05) is 19.6 Å². The monoisotopic (exact) mass is 385 g/mol. The molecule has 0 N–H and O–H groups in total. The number of nitrogens with zero attached hydrogens (tertiary/aromatic N) is 1. The van der Waals surface area contributed by atoms with Gasteiger partial charge in [0.25, 0.3) is 0 Å². The average molecular weight is 386 g/mol. The summed E-state index contributed by atoms with van der Waals surface area (Å²) in [5.74, 6) is 1.30. The van der Waals surface area contributed by atoms with Crippen molar-refractivity contribution in [3.05, 3.63) is 108 Å². The van der Waals surface area contributed by atoms with Crippen molar-refractivity contribution in [2.24, 2.45) is 11.8 Å². The molecule has 0 radical (unpaired) electrons. The second-order valence-corrected chi connectivity index (χ2v) is 8.58. The summed E-state index contributed by atoms with van der Waals surface area (Å²) in [5, 5.41) is 0. The molecule has 1 nitrogen and oxygen atoms in total. The minimum absolute atomic E-state index is 0.650. The second-order valence-electron chi connectivity index (χ2n) is 8.58.